The number of rotatable bonds is 11. The molecule has 1 atom stereocenters. The molecule has 0 rings (SSSR count). The summed E-state index contributed by atoms with van der Waals surface area (Å²) in [6, 6.07) is 0. The molecular weight excluding hydrogens is 300 g/mol. The largest absolute Gasteiger partial charge is 0.462 e. The summed E-state index contributed by atoms with van der Waals surface area (Å²) in [4.78, 5) is 33.9. The van der Waals surface area contributed by atoms with Gasteiger partial charge in [0.2, 0.25) is 6.29 Å². The normalized spacial score (nSPS) is 11.0. The maximum atomic E-state index is 11.5. The number of ether oxygens (including phenoxy) is 3. The average molecular weight is 324 g/mol. The number of hydrogen-bond acceptors (Lipinski definition) is 6. The van der Waals surface area contributed by atoms with Crippen LogP contribution in [-0.4, -0.2) is 30.8 Å². The van der Waals surface area contributed by atoms with Crippen LogP contribution in [-0.2, 0) is 28.6 Å². The Labute approximate surface area is 136 Å². The number of unbranched alkanes of at least 4 members (excludes halogenated alkanes) is 2. The van der Waals surface area contributed by atoms with Crippen molar-refractivity contribution in [1.82, 2.24) is 0 Å². The maximum Gasteiger partial charge on any atom is 0.336 e. The summed E-state index contributed by atoms with van der Waals surface area (Å²) in [7, 11) is 0. The molecule has 0 aliphatic heterocycles. The second kappa shape index (κ2) is 11.2. The van der Waals surface area contributed by atoms with Gasteiger partial charge in [0.25, 0.3) is 0 Å². The topological polar surface area (TPSA) is 78.9 Å². The third-order valence-electron chi connectivity index (χ3n) is 2.67. The van der Waals surface area contributed by atoms with Gasteiger partial charge < -0.3 is 14.2 Å². The minimum absolute atomic E-state index is 0.219. The smallest absolute Gasteiger partial charge is 0.336 e. The van der Waals surface area contributed by atoms with Crippen molar-refractivity contribution in [2.24, 2.45) is 0 Å². The van der Waals surface area contributed by atoms with E-state index in [0.717, 1.165) is 12.5 Å². The monoisotopic (exact) mass is 324 g/mol. The van der Waals surface area contributed by atoms with Crippen LogP contribution in [0.3, 0.4) is 0 Å². The van der Waals surface area contributed by atoms with Crippen LogP contribution in [0.15, 0.2) is 37.0 Å². The van der Waals surface area contributed by atoms with Crippen LogP contribution in [0.4, 0.5) is 0 Å². The molecule has 6 heteroatoms. The molecule has 0 spiro atoms. The molecule has 0 bridgehead atoms. The molecule has 0 N–H and O–H groups in total. The molecule has 6 nitrogen and oxygen atoms in total. The van der Waals surface area contributed by atoms with Crippen LogP contribution in [0.5, 0.6) is 0 Å². The van der Waals surface area contributed by atoms with E-state index in [1.54, 1.807) is 6.92 Å². The Morgan fingerprint density at radius 3 is 2.09 bits per heavy atom. The van der Waals surface area contributed by atoms with Crippen molar-refractivity contribution < 1.29 is 28.6 Å². The Bertz CT molecular complexity index is 477. The van der Waals surface area contributed by atoms with Gasteiger partial charge >= 0.3 is 17.9 Å². The Morgan fingerprint density at radius 2 is 1.57 bits per heavy atom. The fourth-order valence-electron chi connectivity index (χ4n) is 1.42. The van der Waals surface area contributed by atoms with Crippen LogP contribution in [0, 0.1) is 0 Å². The molecule has 0 aromatic rings. The van der Waals surface area contributed by atoms with Gasteiger partial charge in [-0.25, -0.2) is 14.4 Å². The van der Waals surface area contributed by atoms with Gasteiger partial charge in [0.15, 0.2) is 0 Å². The van der Waals surface area contributed by atoms with Crippen molar-refractivity contribution in [3.05, 3.63) is 37.0 Å². The summed E-state index contributed by atoms with van der Waals surface area (Å²) < 4.78 is 14.9. The van der Waals surface area contributed by atoms with Crippen LogP contribution < -0.4 is 0 Å². The molecule has 0 aromatic heterocycles. The number of carbonyl (C=O) groups excluding carboxylic acids is 3. The highest BCUT2D eigenvalue weighted by Crippen LogP contribution is 2.11. The zero-order valence-electron chi connectivity index (χ0n) is 13.8. The van der Waals surface area contributed by atoms with Crippen molar-refractivity contribution in [2.75, 3.05) is 6.61 Å². The van der Waals surface area contributed by atoms with Crippen molar-refractivity contribution >= 4 is 17.9 Å². The van der Waals surface area contributed by atoms with Gasteiger partial charge in [0, 0.05) is 23.6 Å². The lowest BCUT2D eigenvalue weighted by molar-refractivity contribution is -0.182. The van der Waals surface area contributed by atoms with Gasteiger partial charge in [-0.15, -0.1) is 0 Å². The van der Waals surface area contributed by atoms with Crippen LogP contribution >= 0.6 is 0 Å². The van der Waals surface area contributed by atoms with Gasteiger partial charge in [-0.05, 0) is 33.1 Å². The molecule has 0 saturated carbocycles. The third kappa shape index (κ3) is 10.1. The zero-order chi connectivity index (χ0) is 17.8. The minimum atomic E-state index is -0.984. The molecule has 1 unspecified atom stereocenters. The predicted molar refractivity (Wildman–Crippen MR) is 85.2 cm³/mol. The van der Waals surface area contributed by atoms with Crippen LogP contribution in [0.25, 0.3) is 0 Å². The van der Waals surface area contributed by atoms with Crippen LogP contribution in [0.1, 0.15) is 39.5 Å². The van der Waals surface area contributed by atoms with Gasteiger partial charge in [-0.3, -0.25) is 0 Å². The minimum Gasteiger partial charge on any atom is -0.462 e. The second-order valence-electron chi connectivity index (χ2n) is 5.02. The molecule has 0 radical (unpaired) electrons. The highest BCUT2D eigenvalue weighted by molar-refractivity contribution is 5.87. The molecule has 128 valence electrons. The van der Waals surface area contributed by atoms with Gasteiger partial charge in [0.05, 0.1) is 6.61 Å². The van der Waals surface area contributed by atoms with Gasteiger partial charge in [0.1, 0.15) is 0 Å². The molecule has 0 aliphatic rings. The van der Waals surface area contributed by atoms with E-state index in [0.29, 0.717) is 24.8 Å². The van der Waals surface area contributed by atoms with E-state index < -0.39 is 24.2 Å². The Balaban J connectivity index is 4.13. The second-order valence-corrected chi connectivity index (χ2v) is 5.02. The van der Waals surface area contributed by atoms with E-state index in [9.17, 15) is 14.4 Å². The first kappa shape index (κ1) is 20.6. The first-order valence-corrected chi connectivity index (χ1v) is 7.30. The molecule has 0 amide bonds. The molecule has 0 aliphatic carbocycles. The van der Waals surface area contributed by atoms with Crippen molar-refractivity contribution in [2.45, 2.75) is 45.8 Å². The lowest BCUT2D eigenvalue weighted by atomic mass is 10.2. The van der Waals surface area contributed by atoms with E-state index >= 15 is 0 Å². The Morgan fingerprint density at radius 1 is 0.957 bits per heavy atom. The highest BCUT2D eigenvalue weighted by atomic mass is 16.7. The summed E-state index contributed by atoms with van der Waals surface area (Å²) in [6.07, 6.45) is 2.35. The van der Waals surface area contributed by atoms with Crippen molar-refractivity contribution in [3.8, 4) is 0 Å². The predicted octanol–water partition coefficient (Wildman–Crippen LogP) is 2.84. The molecule has 0 saturated heterocycles. The lowest BCUT2D eigenvalue weighted by Gasteiger charge is -2.17. The number of esters is 3. The molecule has 0 fully saturated rings. The fourth-order valence-corrected chi connectivity index (χ4v) is 1.42. The molecule has 23 heavy (non-hydrogen) atoms. The molecule has 0 aromatic carbocycles. The number of carbonyl (C=O) groups is 3. The highest BCUT2D eigenvalue weighted by Gasteiger charge is 2.18. The first-order chi connectivity index (χ1) is 10.8. The summed E-state index contributed by atoms with van der Waals surface area (Å²) in [5.74, 6) is -1.71. The third-order valence-corrected chi connectivity index (χ3v) is 2.67. The van der Waals surface area contributed by atoms with E-state index in [-0.39, 0.29) is 12.2 Å². The van der Waals surface area contributed by atoms with Crippen molar-refractivity contribution in [3.63, 3.8) is 0 Å². The van der Waals surface area contributed by atoms with E-state index in [4.69, 9.17) is 14.2 Å². The molecular formula is C17H24O6. The van der Waals surface area contributed by atoms with E-state index in [1.807, 2.05) is 0 Å². The fraction of sp³-hybridized carbons (Fsp3) is 0.471. The summed E-state index contributed by atoms with van der Waals surface area (Å²) >= 11 is 0. The lowest BCUT2D eigenvalue weighted by Crippen LogP contribution is -2.24. The van der Waals surface area contributed by atoms with Gasteiger partial charge in [-0.1, -0.05) is 19.7 Å². The quantitative estimate of drug-likeness (QED) is 0.252. The van der Waals surface area contributed by atoms with E-state index in [1.165, 1.54) is 6.92 Å². The van der Waals surface area contributed by atoms with Gasteiger partial charge in [-0.2, -0.15) is 0 Å². The Kier molecular flexibility index (Phi) is 10.1. The Hall–Kier alpha value is -2.37. The summed E-state index contributed by atoms with van der Waals surface area (Å²) in [6.45, 7) is 13.6. The standard InChI is InChI=1S/C17H24O6/c1-6-14(18)22-15(23-17(20)13(4)5)10-8-7-9-11-21-16(19)12(2)3/h6,15H,1-2,4,7-11H2,3,5H3. The maximum absolute atomic E-state index is 11.5. The zero-order valence-corrected chi connectivity index (χ0v) is 13.8. The number of hydrogen-bond donors (Lipinski definition) is 0. The van der Waals surface area contributed by atoms with Crippen LogP contribution in [0.2, 0.25) is 0 Å². The van der Waals surface area contributed by atoms with E-state index in [2.05, 4.69) is 19.7 Å². The average Bonchev–Trinajstić information content (AvgIpc) is 2.49. The van der Waals surface area contributed by atoms with Crippen molar-refractivity contribution in [1.29, 1.82) is 0 Å². The SMILES string of the molecule is C=CC(=O)OC(CCCCCOC(=O)C(=C)C)OC(=O)C(=C)C. The summed E-state index contributed by atoms with van der Waals surface area (Å²) in [5.41, 5.74) is 0.574. The first-order valence-electron chi connectivity index (χ1n) is 7.30. The molecule has 0 heterocycles. The summed E-state index contributed by atoms with van der Waals surface area (Å²) in [5, 5.41) is 0.